The Morgan fingerprint density at radius 2 is 1.95 bits per heavy atom. The fraction of sp³-hybridized carbons (Fsp3) is 0.188. The third kappa shape index (κ3) is 3.77. The zero-order valence-corrected chi connectivity index (χ0v) is 14.0. The van der Waals surface area contributed by atoms with Gasteiger partial charge in [-0.25, -0.2) is 0 Å². The van der Waals surface area contributed by atoms with Gasteiger partial charge in [0.25, 0.3) is 0 Å². The Morgan fingerprint density at radius 3 is 2.57 bits per heavy atom. The second-order valence-electron chi connectivity index (χ2n) is 4.42. The average Bonchev–Trinajstić information content (AvgIpc) is 2.45. The average molecular weight is 370 g/mol. The molecule has 0 fully saturated rings. The summed E-state index contributed by atoms with van der Waals surface area (Å²) in [6.45, 7) is 0. The largest absolute Gasteiger partial charge is 0.497 e. The van der Waals surface area contributed by atoms with Crippen LogP contribution in [0, 0.1) is 0 Å². The highest BCUT2D eigenvalue weighted by molar-refractivity contribution is 9.10. The first-order valence-electron chi connectivity index (χ1n) is 6.24. The quantitative estimate of drug-likeness (QED) is 0.726. The van der Waals surface area contributed by atoms with Gasteiger partial charge < -0.3 is 9.47 Å². The van der Waals surface area contributed by atoms with Gasteiger partial charge in [0.2, 0.25) is 0 Å². The van der Waals surface area contributed by atoms with Crippen LogP contribution in [0.2, 0.25) is 5.02 Å². The van der Waals surface area contributed by atoms with Gasteiger partial charge in [-0.3, -0.25) is 4.79 Å². The van der Waals surface area contributed by atoms with Crippen LogP contribution in [0.5, 0.6) is 11.5 Å². The summed E-state index contributed by atoms with van der Waals surface area (Å²) in [6.07, 6.45) is 0.252. The number of halogens is 2. The first kappa shape index (κ1) is 15.9. The van der Waals surface area contributed by atoms with Crippen molar-refractivity contribution in [2.45, 2.75) is 6.42 Å². The number of Topliss-reactive ketones (excluding diaryl/α,β-unsaturated/α-hetero) is 1. The second-order valence-corrected chi connectivity index (χ2v) is 5.71. The minimum atomic E-state index is -0.0522. The molecule has 5 heteroatoms. The molecule has 0 atom stereocenters. The van der Waals surface area contributed by atoms with E-state index in [-0.39, 0.29) is 12.2 Å². The lowest BCUT2D eigenvalue weighted by molar-refractivity contribution is 0.0989. The molecule has 0 N–H and O–H groups in total. The zero-order chi connectivity index (χ0) is 15.4. The number of carbonyl (C=O) groups is 1. The van der Waals surface area contributed by atoms with Crippen LogP contribution in [0.25, 0.3) is 0 Å². The molecule has 110 valence electrons. The van der Waals surface area contributed by atoms with Gasteiger partial charge in [0.15, 0.2) is 5.78 Å². The Morgan fingerprint density at radius 1 is 1.19 bits per heavy atom. The number of ketones is 1. The van der Waals surface area contributed by atoms with Crippen LogP contribution in [0.15, 0.2) is 40.9 Å². The molecule has 0 aliphatic rings. The lowest BCUT2D eigenvalue weighted by atomic mass is 10.0. The van der Waals surface area contributed by atoms with E-state index in [4.69, 9.17) is 21.1 Å². The standard InChI is InChI=1S/C16H14BrClO3/c1-20-12-8-13(17)16(15(9-12)21-2)14(19)7-10-4-3-5-11(18)6-10/h3-6,8-9H,7H2,1-2H3. The first-order chi connectivity index (χ1) is 10.0. The SMILES string of the molecule is COc1cc(Br)c(C(=O)Cc2cccc(Cl)c2)c(OC)c1. The minimum Gasteiger partial charge on any atom is -0.497 e. The predicted octanol–water partition coefficient (Wildman–Crippen LogP) is 4.55. The number of benzene rings is 2. The molecular weight excluding hydrogens is 356 g/mol. The Labute approximate surface area is 137 Å². The Balaban J connectivity index is 2.34. The summed E-state index contributed by atoms with van der Waals surface area (Å²) in [6, 6.07) is 10.7. The van der Waals surface area contributed by atoms with Crippen LogP contribution < -0.4 is 9.47 Å². The topological polar surface area (TPSA) is 35.5 Å². The highest BCUT2D eigenvalue weighted by atomic mass is 79.9. The van der Waals surface area contributed by atoms with Crippen molar-refractivity contribution in [1.82, 2.24) is 0 Å². The molecule has 0 bridgehead atoms. The molecule has 0 radical (unpaired) electrons. The van der Waals surface area contributed by atoms with Crippen LogP contribution >= 0.6 is 27.5 Å². The molecule has 0 heterocycles. The number of rotatable bonds is 5. The summed E-state index contributed by atoms with van der Waals surface area (Å²) in [5.74, 6) is 1.05. The molecule has 0 amide bonds. The second kappa shape index (κ2) is 6.96. The van der Waals surface area contributed by atoms with Crippen molar-refractivity contribution in [3.8, 4) is 11.5 Å². The Bertz CT molecular complexity index is 671. The van der Waals surface area contributed by atoms with E-state index in [1.54, 1.807) is 31.4 Å². The van der Waals surface area contributed by atoms with E-state index in [0.29, 0.717) is 26.6 Å². The maximum absolute atomic E-state index is 12.5. The van der Waals surface area contributed by atoms with Crippen LogP contribution in [0.3, 0.4) is 0 Å². The molecule has 21 heavy (non-hydrogen) atoms. The van der Waals surface area contributed by atoms with Gasteiger partial charge in [0, 0.05) is 22.0 Å². The third-order valence-corrected chi connectivity index (χ3v) is 3.88. The summed E-state index contributed by atoms with van der Waals surface area (Å²) in [4.78, 5) is 12.5. The van der Waals surface area contributed by atoms with E-state index >= 15 is 0 Å². The van der Waals surface area contributed by atoms with Crippen molar-refractivity contribution in [2.75, 3.05) is 14.2 Å². The number of hydrogen-bond donors (Lipinski definition) is 0. The van der Waals surface area contributed by atoms with E-state index in [9.17, 15) is 4.79 Å². The molecule has 0 saturated heterocycles. The van der Waals surface area contributed by atoms with E-state index in [1.807, 2.05) is 12.1 Å². The number of methoxy groups -OCH3 is 2. The molecule has 2 rings (SSSR count). The molecule has 2 aromatic rings. The smallest absolute Gasteiger partial charge is 0.172 e. The summed E-state index contributed by atoms with van der Waals surface area (Å²) in [5, 5.41) is 0.612. The molecule has 3 nitrogen and oxygen atoms in total. The maximum atomic E-state index is 12.5. The molecule has 0 unspecified atom stereocenters. The van der Waals surface area contributed by atoms with E-state index < -0.39 is 0 Å². The fourth-order valence-corrected chi connectivity index (χ4v) is 2.88. The molecule has 0 aliphatic heterocycles. The van der Waals surface area contributed by atoms with Gasteiger partial charge in [-0.1, -0.05) is 23.7 Å². The van der Waals surface area contributed by atoms with Crippen molar-refractivity contribution in [3.63, 3.8) is 0 Å². The van der Waals surface area contributed by atoms with Crippen LogP contribution in [0.1, 0.15) is 15.9 Å². The van der Waals surface area contributed by atoms with E-state index in [2.05, 4.69) is 15.9 Å². The van der Waals surface area contributed by atoms with Crippen LogP contribution in [0.4, 0.5) is 0 Å². The van der Waals surface area contributed by atoms with Crippen LogP contribution in [-0.2, 0) is 6.42 Å². The Kier molecular flexibility index (Phi) is 5.26. The van der Waals surface area contributed by atoms with Gasteiger partial charge in [-0.2, -0.15) is 0 Å². The highest BCUT2D eigenvalue weighted by Crippen LogP contribution is 2.33. The van der Waals surface area contributed by atoms with Crippen molar-refractivity contribution < 1.29 is 14.3 Å². The van der Waals surface area contributed by atoms with Gasteiger partial charge in [-0.05, 0) is 39.7 Å². The molecule has 0 saturated carbocycles. The van der Waals surface area contributed by atoms with E-state index in [0.717, 1.165) is 5.56 Å². The molecule has 2 aromatic carbocycles. The summed E-state index contributed by atoms with van der Waals surface area (Å²) in [7, 11) is 3.09. The normalized spacial score (nSPS) is 10.3. The molecule has 0 aliphatic carbocycles. The lowest BCUT2D eigenvalue weighted by Crippen LogP contribution is -2.07. The van der Waals surface area contributed by atoms with Gasteiger partial charge in [-0.15, -0.1) is 0 Å². The lowest BCUT2D eigenvalue weighted by Gasteiger charge is -2.12. The fourth-order valence-electron chi connectivity index (χ4n) is 2.03. The summed E-state index contributed by atoms with van der Waals surface area (Å²) in [5.41, 5.74) is 1.36. The summed E-state index contributed by atoms with van der Waals surface area (Å²) >= 11 is 9.34. The van der Waals surface area contributed by atoms with Gasteiger partial charge >= 0.3 is 0 Å². The number of ether oxygens (including phenoxy) is 2. The predicted molar refractivity (Wildman–Crippen MR) is 86.7 cm³/mol. The van der Waals surface area contributed by atoms with Crippen molar-refractivity contribution in [3.05, 3.63) is 57.0 Å². The van der Waals surface area contributed by atoms with Crippen molar-refractivity contribution in [1.29, 1.82) is 0 Å². The highest BCUT2D eigenvalue weighted by Gasteiger charge is 2.18. The van der Waals surface area contributed by atoms with Crippen molar-refractivity contribution >= 4 is 33.3 Å². The third-order valence-electron chi connectivity index (χ3n) is 3.02. The zero-order valence-electron chi connectivity index (χ0n) is 11.7. The molecular formula is C16H14BrClO3. The van der Waals surface area contributed by atoms with E-state index in [1.165, 1.54) is 7.11 Å². The minimum absolute atomic E-state index is 0.0522. The monoisotopic (exact) mass is 368 g/mol. The number of hydrogen-bond acceptors (Lipinski definition) is 3. The van der Waals surface area contributed by atoms with Gasteiger partial charge in [0.05, 0.1) is 19.8 Å². The van der Waals surface area contributed by atoms with Crippen LogP contribution in [-0.4, -0.2) is 20.0 Å². The summed E-state index contributed by atoms with van der Waals surface area (Å²) < 4.78 is 11.1. The maximum Gasteiger partial charge on any atom is 0.172 e. The van der Waals surface area contributed by atoms with Crippen molar-refractivity contribution in [2.24, 2.45) is 0 Å². The first-order valence-corrected chi connectivity index (χ1v) is 7.41. The molecule has 0 aromatic heterocycles. The van der Waals surface area contributed by atoms with Gasteiger partial charge in [0.1, 0.15) is 11.5 Å². The number of carbonyl (C=O) groups excluding carboxylic acids is 1. The molecule has 0 spiro atoms. The Hall–Kier alpha value is -1.52.